The molecule has 1 saturated heterocycles. The highest BCUT2D eigenvalue weighted by molar-refractivity contribution is 5.87. The summed E-state index contributed by atoms with van der Waals surface area (Å²) in [5.74, 6) is 0.424. The van der Waals surface area contributed by atoms with Crippen molar-refractivity contribution in [3.63, 3.8) is 0 Å². The van der Waals surface area contributed by atoms with Gasteiger partial charge in [0.25, 0.3) is 0 Å². The summed E-state index contributed by atoms with van der Waals surface area (Å²) in [7, 11) is 1.92. The number of nitrogens with one attached hydrogen (secondary N) is 2. The van der Waals surface area contributed by atoms with E-state index in [4.69, 9.17) is 0 Å². The van der Waals surface area contributed by atoms with Gasteiger partial charge in [0.15, 0.2) is 0 Å². The van der Waals surface area contributed by atoms with E-state index < -0.39 is 0 Å². The first-order valence-electron chi connectivity index (χ1n) is 8.17. The van der Waals surface area contributed by atoms with E-state index in [0.29, 0.717) is 5.92 Å². The number of hydrogen-bond donors (Lipinski definition) is 2. The van der Waals surface area contributed by atoms with Crippen LogP contribution in [0.25, 0.3) is 0 Å². The maximum Gasteiger partial charge on any atom is 0.242 e. The molecule has 2 unspecified atom stereocenters. The summed E-state index contributed by atoms with van der Waals surface area (Å²) >= 11 is 0. The van der Waals surface area contributed by atoms with Crippen molar-refractivity contribution < 1.29 is 4.79 Å². The lowest BCUT2D eigenvalue weighted by Gasteiger charge is -2.44. The van der Waals surface area contributed by atoms with Crippen molar-refractivity contribution in [3.05, 3.63) is 65.2 Å². The van der Waals surface area contributed by atoms with Gasteiger partial charge in [-0.3, -0.25) is 9.69 Å². The van der Waals surface area contributed by atoms with E-state index in [-0.39, 0.29) is 11.9 Å². The third-order valence-corrected chi connectivity index (χ3v) is 4.99. The summed E-state index contributed by atoms with van der Waals surface area (Å²) in [5.41, 5.74) is 4.76. The molecule has 2 aliphatic rings. The molecule has 4 nitrogen and oxygen atoms in total. The van der Waals surface area contributed by atoms with Gasteiger partial charge in [0, 0.05) is 43.9 Å². The lowest BCUT2D eigenvalue weighted by molar-refractivity contribution is -0.129. The van der Waals surface area contributed by atoms with E-state index in [1.807, 2.05) is 7.05 Å². The molecular weight excluding hydrogens is 286 g/mol. The van der Waals surface area contributed by atoms with Gasteiger partial charge in [-0.1, -0.05) is 42.5 Å². The Kier molecular flexibility index (Phi) is 3.54. The van der Waals surface area contributed by atoms with E-state index in [2.05, 4.69) is 64.1 Å². The topological polar surface area (TPSA) is 44.4 Å². The molecular formula is C19H21N3O. The van der Waals surface area contributed by atoms with E-state index in [0.717, 1.165) is 30.9 Å². The van der Waals surface area contributed by atoms with Crippen LogP contribution in [0.3, 0.4) is 0 Å². The zero-order chi connectivity index (χ0) is 15.8. The zero-order valence-electron chi connectivity index (χ0n) is 13.3. The van der Waals surface area contributed by atoms with Gasteiger partial charge in [-0.15, -0.1) is 0 Å². The zero-order valence-corrected chi connectivity index (χ0v) is 13.3. The number of carbonyl (C=O) groups excluding carboxylic acids is 1. The average Bonchev–Trinajstić information content (AvgIpc) is 2.61. The number of piperazine rings is 1. The third-order valence-electron chi connectivity index (χ3n) is 4.99. The Hall–Kier alpha value is -2.33. The second kappa shape index (κ2) is 5.70. The average molecular weight is 307 g/mol. The molecule has 1 amide bonds. The largest absolute Gasteiger partial charge is 0.388 e. The van der Waals surface area contributed by atoms with Gasteiger partial charge in [0.05, 0.1) is 0 Å². The van der Waals surface area contributed by atoms with Crippen molar-refractivity contribution in [1.29, 1.82) is 0 Å². The molecule has 2 heterocycles. The maximum atomic E-state index is 12.5. The predicted molar refractivity (Wildman–Crippen MR) is 91.6 cm³/mol. The molecule has 23 heavy (non-hydrogen) atoms. The van der Waals surface area contributed by atoms with Crippen LogP contribution >= 0.6 is 0 Å². The lowest BCUT2D eigenvalue weighted by atomic mass is 9.79. The first-order chi connectivity index (χ1) is 11.3. The van der Waals surface area contributed by atoms with Crippen molar-refractivity contribution in [3.8, 4) is 0 Å². The number of rotatable bonds is 2. The summed E-state index contributed by atoms with van der Waals surface area (Å²) in [4.78, 5) is 14.8. The highest BCUT2D eigenvalue weighted by atomic mass is 16.2. The molecule has 4 heteroatoms. The minimum atomic E-state index is -0.178. The molecule has 0 saturated carbocycles. The minimum absolute atomic E-state index is 0.117. The molecule has 0 bridgehead atoms. The quantitative estimate of drug-likeness (QED) is 0.895. The maximum absolute atomic E-state index is 12.5. The normalized spacial score (nSPS) is 23.6. The molecule has 2 aliphatic heterocycles. The highest BCUT2D eigenvalue weighted by Crippen LogP contribution is 2.43. The molecule has 2 atom stereocenters. The van der Waals surface area contributed by atoms with Gasteiger partial charge in [-0.2, -0.15) is 0 Å². The number of anilines is 1. The van der Waals surface area contributed by atoms with Gasteiger partial charge in [-0.05, 0) is 17.2 Å². The third kappa shape index (κ3) is 2.30. The Balaban J connectivity index is 1.89. The molecule has 2 N–H and O–H groups in total. The molecule has 0 aromatic heterocycles. The molecule has 0 spiro atoms. The number of carbonyl (C=O) groups is 1. The fraction of sp³-hybridized carbons (Fsp3) is 0.316. The molecule has 2 aromatic rings. The van der Waals surface area contributed by atoms with Gasteiger partial charge in [0.1, 0.15) is 6.04 Å². The van der Waals surface area contributed by atoms with Crippen molar-refractivity contribution >= 4 is 11.6 Å². The van der Waals surface area contributed by atoms with Gasteiger partial charge >= 0.3 is 0 Å². The van der Waals surface area contributed by atoms with Crippen LogP contribution in [-0.4, -0.2) is 37.5 Å². The summed E-state index contributed by atoms with van der Waals surface area (Å²) in [6.07, 6.45) is 0. The predicted octanol–water partition coefficient (Wildman–Crippen LogP) is 2.35. The van der Waals surface area contributed by atoms with Crippen LogP contribution in [0.5, 0.6) is 0 Å². The van der Waals surface area contributed by atoms with Crippen molar-refractivity contribution in [2.75, 3.05) is 32.0 Å². The van der Waals surface area contributed by atoms with E-state index in [1.54, 1.807) is 0 Å². The molecule has 118 valence electrons. The molecule has 4 rings (SSSR count). The number of hydrogen-bond acceptors (Lipinski definition) is 3. The van der Waals surface area contributed by atoms with E-state index in [9.17, 15) is 4.79 Å². The standard InChI is InChI=1S/C19H21N3O/c1-20-16-9-5-8-14-15(13-6-3-2-4-7-13)12-22-11-10-21-19(23)18(22)17(14)16/h2-9,15,18,20H,10-12H2,1H3,(H,21,23). The number of nitrogens with zero attached hydrogens (tertiary/aromatic N) is 1. The Morgan fingerprint density at radius 3 is 2.74 bits per heavy atom. The second-order valence-corrected chi connectivity index (χ2v) is 6.21. The van der Waals surface area contributed by atoms with Crippen molar-refractivity contribution in [2.45, 2.75) is 12.0 Å². The van der Waals surface area contributed by atoms with Gasteiger partial charge < -0.3 is 10.6 Å². The summed E-state index contributed by atoms with van der Waals surface area (Å²) < 4.78 is 0. The molecule has 2 aromatic carbocycles. The van der Waals surface area contributed by atoms with E-state index >= 15 is 0 Å². The van der Waals surface area contributed by atoms with Crippen molar-refractivity contribution in [1.82, 2.24) is 10.2 Å². The lowest BCUT2D eigenvalue weighted by Crippen LogP contribution is -2.53. The van der Waals surface area contributed by atoms with Crippen LogP contribution in [0.15, 0.2) is 48.5 Å². The van der Waals surface area contributed by atoms with Gasteiger partial charge in [0.2, 0.25) is 5.91 Å². The minimum Gasteiger partial charge on any atom is -0.388 e. The summed E-state index contributed by atoms with van der Waals surface area (Å²) in [5, 5.41) is 6.29. The van der Waals surface area contributed by atoms with Gasteiger partial charge in [-0.25, -0.2) is 0 Å². The second-order valence-electron chi connectivity index (χ2n) is 6.21. The number of amides is 1. The Morgan fingerprint density at radius 2 is 1.96 bits per heavy atom. The van der Waals surface area contributed by atoms with Crippen LogP contribution in [0.4, 0.5) is 5.69 Å². The summed E-state index contributed by atoms with van der Waals surface area (Å²) in [6.45, 7) is 2.52. The molecule has 0 radical (unpaired) electrons. The van der Waals surface area contributed by atoms with E-state index in [1.165, 1.54) is 11.1 Å². The molecule has 0 aliphatic carbocycles. The van der Waals surface area contributed by atoms with Crippen LogP contribution in [0.1, 0.15) is 28.7 Å². The first-order valence-corrected chi connectivity index (χ1v) is 8.17. The van der Waals surface area contributed by atoms with Crippen LogP contribution in [0, 0.1) is 0 Å². The first kappa shape index (κ1) is 14.3. The summed E-state index contributed by atoms with van der Waals surface area (Å²) in [6, 6.07) is 16.7. The smallest absolute Gasteiger partial charge is 0.242 e. The number of benzene rings is 2. The highest BCUT2D eigenvalue weighted by Gasteiger charge is 2.40. The SMILES string of the molecule is CNc1cccc2c1C1C(=O)NCCN1CC2c1ccccc1. The fourth-order valence-electron chi connectivity index (χ4n) is 3.94. The monoisotopic (exact) mass is 307 g/mol. The van der Waals surface area contributed by atoms with Crippen molar-refractivity contribution in [2.24, 2.45) is 0 Å². The van der Waals surface area contributed by atoms with Crippen LogP contribution in [0.2, 0.25) is 0 Å². The van der Waals surface area contributed by atoms with Crippen LogP contribution < -0.4 is 10.6 Å². The van der Waals surface area contributed by atoms with Crippen LogP contribution in [-0.2, 0) is 4.79 Å². The molecule has 1 fully saturated rings. The fourth-order valence-corrected chi connectivity index (χ4v) is 3.94. The Morgan fingerprint density at radius 1 is 1.13 bits per heavy atom. The Labute approximate surface area is 136 Å². The Bertz CT molecular complexity index is 729. The number of fused-ring (bicyclic) bond motifs is 3.